The molecule has 0 saturated carbocycles. The molecule has 0 unspecified atom stereocenters. The largest absolute Gasteiger partial charge is 0.0616 e. The van der Waals surface area contributed by atoms with E-state index in [1.165, 1.54) is 98.7 Å². The maximum absolute atomic E-state index is 2.40. The Morgan fingerprint density at radius 2 is 0.952 bits per heavy atom. The first-order valence-corrected chi connectivity index (χ1v) is 14.8. The molecule has 196 valence electrons. The Hall–Kier alpha value is -5.20. The topological polar surface area (TPSA) is 0 Å². The third kappa shape index (κ3) is 3.24. The maximum atomic E-state index is 2.40. The van der Waals surface area contributed by atoms with Gasteiger partial charge in [-0.2, -0.15) is 0 Å². The summed E-state index contributed by atoms with van der Waals surface area (Å²) >= 11 is 0. The van der Waals surface area contributed by atoms with Crippen molar-refractivity contribution >= 4 is 43.1 Å². The molecule has 0 amide bonds. The van der Waals surface area contributed by atoms with Crippen LogP contribution >= 0.6 is 0 Å². The molecule has 42 heavy (non-hydrogen) atoms. The number of hydrogen-bond donors (Lipinski definition) is 0. The first-order valence-electron chi connectivity index (χ1n) is 14.8. The molecule has 8 aromatic rings. The number of hydrogen-bond acceptors (Lipinski definition) is 0. The van der Waals surface area contributed by atoms with Crippen LogP contribution in [0, 0.1) is 13.8 Å². The van der Waals surface area contributed by atoms with Gasteiger partial charge >= 0.3 is 0 Å². The Morgan fingerprint density at radius 3 is 1.62 bits per heavy atom. The van der Waals surface area contributed by atoms with Crippen LogP contribution < -0.4 is 0 Å². The molecule has 0 heterocycles. The smallest absolute Gasteiger partial charge is 0.000741 e. The van der Waals surface area contributed by atoms with E-state index < -0.39 is 0 Å². The molecule has 0 bridgehead atoms. The van der Waals surface area contributed by atoms with Gasteiger partial charge in [-0.3, -0.25) is 0 Å². The van der Waals surface area contributed by atoms with Crippen molar-refractivity contribution in [2.24, 2.45) is 0 Å². The second kappa shape index (κ2) is 8.65. The summed E-state index contributed by atoms with van der Waals surface area (Å²) in [6, 6.07) is 49.9. The molecule has 0 radical (unpaired) electrons. The summed E-state index contributed by atoms with van der Waals surface area (Å²) < 4.78 is 0. The maximum Gasteiger partial charge on any atom is -0.000741 e. The van der Waals surface area contributed by atoms with Gasteiger partial charge in [0, 0.05) is 0 Å². The Labute approximate surface area is 245 Å². The normalized spacial score (nSPS) is 12.0. The van der Waals surface area contributed by atoms with Gasteiger partial charge in [-0.05, 0) is 119 Å². The van der Waals surface area contributed by atoms with Crippen LogP contribution in [-0.2, 0) is 0 Å². The predicted octanol–water partition coefficient (Wildman–Crippen LogP) is 11.9. The lowest BCUT2D eigenvalue weighted by Crippen LogP contribution is -1.94. The highest BCUT2D eigenvalue weighted by molar-refractivity contribution is 6.28. The summed E-state index contributed by atoms with van der Waals surface area (Å²) in [6.45, 7) is 4.45. The van der Waals surface area contributed by atoms with Crippen molar-refractivity contribution in [3.05, 3.63) is 145 Å². The van der Waals surface area contributed by atoms with Crippen LogP contribution in [0.15, 0.2) is 133 Å². The number of benzene rings is 8. The van der Waals surface area contributed by atoms with Gasteiger partial charge in [0.2, 0.25) is 0 Å². The van der Waals surface area contributed by atoms with E-state index in [2.05, 4.69) is 147 Å². The van der Waals surface area contributed by atoms with Gasteiger partial charge in [-0.1, -0.05) is 127 Å². The SMILES string of the molecule is Cc1ccc2c(-c3ccc4ccccc4c3)c3c(c(-c4ccc5ccccc5c4)c2c1)-c1ccc(C)c2cccc-3c12. The van der Waals surface area contributed by atoms with E-state index in [1.54, 1.807) is 0 Å². The molecule has 0 fully saturated rings. The molecular weight excluding hydrogens is 504 g/mol. The van der Waals surface area contributed by atoms with Crippen molar-refractivity contribution in [3.63, 3.8) is 0 Å². The summed E-state index contributed by atoms with van der Waals surface area (Å²) in [5.74, 6) is 0. The minimum absolute atomic E-state index is 1.27. The molecule has 0 saturated heterocycles. The highest BCUT2D eigenvalue weighted by atomic mass is 14.3. The first-order chi connectivity index (χ1) is 20.7. The number of fused-ring (bicyclic) bond motifs is 6. The van der Waals surface area contributed by atoms with Gasteiger partial charge in [0.05, 0.1) is 0 Å². The summed E-state index contributed by atoms with van der Waals surface area (Å²) in [5.41, 5.74) is 13.2. The zero-order valence-corrected chi connectivity index (χ0v) is 23.7. The van der Waals surface area contributed by atoms with E-state index in [-0.39, 0.29) is 0 Å². The van der Waals surface area contributed by atoms with Gasteiger partial charge in [-0.25, -0.2) is 0 Å². The Balaban J connectivity index is 1.51. The van der Waals surface area contributed by atoms with E-state index in [4.69, 9.17) is 0 Å². The first kappa shape index (κ1) is 23.5. The van der Waals surface area contributed by atoms with Crippen LogP contribution in [0.25, 0.3) is 87.6 Å². The Kier molecular flexibility index (Phi) is 4.84. The lowest BCUT2D eigenvalue weighted by molar-refractivity contribution is 1.50. The van der Waals surface area contributed by atoms with Crippen molar-refractivity contribution in [2.45, 2.75) is 13.8 Å². The lowest BCUT2D eigenvalue weighted by atomic mass is 9.81. The third-order valence-electron chi connectivity index (χ3n) is 9.34. The highest BCUT2D eigenvalue weighted by Crippen LogP contribution is 2.58. The van der Waals surface area contributed by atoms with Crippen LogP contribution in [0.4, 0.5) is 0 Å². The predicted molar refractivity (Wildman–Crippen MR) is 181 cm³/mol. The fourth-order valence-electron chi connectivity index (χ4n) is 7.40. The van der Waals surface area contributed by atoms with Crippen LogP contribution in [0.2, 0.25) is 0 Å². The van der Waals surface area contributed by atoms with Crippen LogP contribution in [0.5, 0.6) is 0 Å². The van der Waals surface area contributed by atoms with E-state index in [0.29, 0.717) is 0 Å². The van der Waals surface area contributed by atoms with Crippen LogP contribution in [-0.4, -0.2) is 0 Å². The molecule has 0 N–H and O–H groups in total. The summed E-state index contributed by atoms with van der Waals surface area (Å²) in [7, 11) is 0. The molecule has 0 aliphatic heterocycles. The van der Waals surface area contributed by atoms with Crippen molar-refractivity contribution in [1.29, 1.82) is 0 Å². The molecule has 1 aliphatic rings. The third-order valence-corrected chi connectivity index (χ3v) is 9.34. The average Bonchev–Trinajstić information content (AvgIpc) is 3.35. The van der Waals surface area contributed by atoms with Crippen molar-refractivity contribution in [3.8, 4) is 44.5 Å². The summed E-state index contributed by atoms with van der Waals surface area (Å²) in [4.78, 5) is 0. The molecule has 1 aliphatic carbocycles. The zero-order chi connectivity index (χ0) is 27.9. The highest BCUT2D eigenvalue weighted by Gasteiger charge is 2.31. The minimum Gasteiger partial charge on any atom is -0.0616 e. The van der Waals surface area contributed by atoms with Gasteiger partial charge in [0.15, 0.2) is 0 Å². The quantitative estimate of drug-likeness (QED) is 0.208. The molecule has 0 spiro atoms. The molecule has 8 aromatic carbocycles. The average molecular weight is 533 g/mol. The summed E-state index contributed by atoms with van der Waals surface area (Å²) in [5, 5.41) is 10.4. The zero-order valence-electron chi connectivity index (χ0n) is 23.7. The van der Waals surface area contributed by atoms with Crippen LogP contribution in [0.3, 0.4) is 0 Å². The second-order valence-electron chi connectivity index (χ2n) is 11.8. The van der Waals surface area contributed by atoms with Crippen molar-refractivity contribution in [2.75, 3.05) is 0 Å². The Bertz CT molecular complexity index is 2420. The molecule has 0 atom stereocenters. The van der Waals surface area contributed by atoms with E-state index >= 15 is 0 Å². The second-order valence-corrected chi connectivity index (χ2v) is 11.8. The fraction of sp³-hybridized carbons (Fsp3) is 0.0476. The van der Waals surface area contributed by atoms with Crippen molar-refractivity contribution < 1.29 is 0 Å². The van der Waals surface area contributed by atoms with E-state index in [9.17, 15) is 0 Å². The van der Waals surface area contributed by atoms with Gasteiger partial charge < -0.3 is 0 Å². The molecule has 0 heteroatoms. The molecule has 0 aromatic heterocycles. The van der Waals surface area contributed by atoms with Gasteiger partial charge in [-0.15, -0.1) is 0 Å². The monoisotopic (exact) mass is 532 g/mol. The Morgan fingerprint density at radius 1 is 0.357 bits per heavy atom. The molecule has 9 rings (SSSR count). The number of aryl methyl sites for hydroxylation is 2. The lowest BCUT2D eigenvalue weighted by Gasteiger charge is -2.21. The van der Waals surface area contributed by atoms with Crippen LogP contribution in [0.1, 0.15) is 11.1 Å². The molecule has 0 nitrogen and oxygen atoms in total. The van der Waals surface area contributed by atoms with E-state index in [1.807, 2.05) is 0 Å². The standard InChI is InChI=1S/C42H28/c1-25-14-20-34-37(22-25)39(32-19-17-28-9-4-6-11-30(28)24-32)42-36-21-15-26(2)33-12-7-13-35(40(33)36)41(42)38(34)31-18-16-27-8-3-5-10-29(27)23-31/h3-24H,1-2H3. The summed E-state index contributed by atoms with van der Waals surface area (Å²) in [6.07, 6.45) is 0. The van der Waals surface area contributed by atoms with Crippen molar-refractivity contribution in [1.82, 2.24) is 0 Å². The van der Waals surface area contributed by atoms with Gasteiger partial charge in [0.25, 0.3) is 0 Å². The van der Waals surface area contributed by atoms with E-state index in [0.717, 1.165) is 0 Å². The fourth-order valence-corrected chi connectivity index (χ4v) is 7.40. The minimum atomic E-state index is 1.27. The molecular formula is C42H28. The van der Waals surface area contributed by atoms with Gasteiger partial charge in [0.1, 0.15) is 0 Å². The number of rotatable bonds is 2.